The smallest absolute Gasteiger partial charge is 0.272 e. The molecule has 168 valence electrons. The van der Waals surface area contributed by atoms with E-state index in [9.17, 15) is 14.4 Å². The minimum atomic E-state index is -0.368. The van der Waals surface area contributed by atoms with Crippen LogP contribution in [0, 0.1) is 5.41 Å². The Labute approximate surface area is 191 Å². The number of anilines is 1. The fourth-order valence-electron chi connectivity index (χ4n) is 4.87. The molecule has 2 saturated carbocycles. The predicted molar refractivity (Wildman–Crippen MR) is 120 cm³/mol. The number of aromatic nitrogens is 2. The lowest BCUT2D eigenvalue weighted by atomic mass is 9.71. The maximum atomic E-state index is 13.3. The number of hydrogen-bond acceptors (Lipinski definition) is 4. The summed E-state index contributed by atoms with van der Waals surface area (Å²) in [7, 11) is 0. The molecule has 2 aromatic rings. The third kappa shape index (κ3) is 3.99. The minimum Gasteiger partial charge on any atom is -0.348 e. The Morgan fingerprint density at radius 2 is 1.78 bits per heavy atom. The molecule has 0 bridgehead atoms. The number of halogens is 1. The van der Waals surface area contributed by atoms with Gasteiger partial charge in [0.2, 0.25) is 5.91 Å². The van der Waals surface area contributed by atoms with Crippen molar-refractivity contribution in [2.24, 2.45) is 5.41 Å². The van der Waals surface area contributed by atoms with E-state index in [1.807, 2.05) is 23.1 Å². The van der Waals surface area contributed by atoms with Crippen molar-refractivity contribution in [3.05, 3.63) is 47.0 Å². The molecule has 3 N–H and O–H groups in total. The van der Waals surface area contributed by atoms with Crippen LogP contribution in [0.1, 0.15) is 65.9 Å². The molecule has 5 rings (SSSR count). The topological polar surface area (TPSA) is 107 Å². The molecule has 1 aliphatic heterocycles. The molecule has 1 saturated heterocycles. The van der Waals surface area contributed by atoms with Crippen molar-refractivity contribution < 1.29 is 14.4 Å². The van der Waals surface area contributed by atoms with Gasteiger partial charge in [-0.15, -0.1) is 0 Å². The number of benzene rings is 1. The molecule has 8 nitrogen and oxygen atoms in total. The van der Waals surface area contributed by atoms with Crippen LogP contribution >= 0.6 is 11.6 Å². The van der Waals surface area contributed by atoms with Gasteiger partial charge in [0.05, 0.1) is 11.7 Å². The molecule has 2 heterocycles. The van der Waals surface area contributed by atoms with Gasteiger partial charge in [-0.1, -0.05) is 17.7 Å². The lowest BCUT2D eigenvalue weighted by Crippen LogP contribution is -2.44. The Bertz CT molecular complexity index is 1060. The number of hydrogen-bond donors (Lipinski definition) is 3. The summed E-state index contributed by atoms with van der Waals surface area (Å²) in [6.45, 7) is 0.684. The molecule has 1 spiro atoms. The summed E-state index contributed by atoms with van der Waals surface area (Å²) in [6, 6.07) is 7.55. The van der Waals surface area contributed by atoms with E-state index in [0.29, 0.717) is 11.6 Å². The third-order valence-electron chi connectivity index (χ3n) is 6.90. The van der Waals surface area contributed by atoms with Crippen LogP contribution in [-0.2, 0) is 4.79 Å². The quantitative estimate of drug-likeness (QED) is 0.644. The zero-order valence-corrected chi connectivity index (χ0v) is 18.5. The van der Waals surface area contributed by atoms with E-state index in [1.165, 1.54) is 6.33 Å². The first-order chi connectivity index (χ1) is 15.4. The first-order valence-corrected chi connectivity index (χ1v) is 11.6. The molecule has 3 aliphatic rings. The summed E-state index contributed by atoms with van der Waals surface area (Å²) in [5.74, 6) is -0.501. The summed E-state index contributed by atoms with van der Waals surface area (Å²) in [5, 5.41) is 6.50. The highest BCUT2D eigenvalue weighted by Gasteiger charge is 2.48. The Balaban J connectivity index is 1.19. The van der Waals surface area contributed by atoms with Crippen molar-refractivity contribution in [1.29, 1.82) is 0 Å². The maximum Gasteiger partial charge on any atom is 0.272 e. The fraction of sp³-hybridized carbons (Fsp3) is 0.478. The number of H-pyrrole nitrogens is 1. The van der Waals surface area contributed by atoms with Gasteiger partial charge in [-0.25, -0.2) is 4.98 Å². The van der Waals surface area contributed by atoms with Crippen LogP contribution in [-0.4, -0.2) is 46.3 Å². The van der Waals surface area contributed by atoms with E-state index in [2.05, 4.69) is 20.6 Å². The van der Waals surface area contributed by atoms with Crippen molar-refractivity contribution in [3.63, 3.8) is 0 Å². The number of imidazole rings is 1. The SMILES string of the molecule is O=C(NC1CC1)c1nc[nH]c1C(=O)NC1CCC2(CC1)CCN(c1cccc(Cl)c1)C2=O. The molecule has 2 aliphatic carbocycles. The van der Waals surface area contributed by atoms with Crippen LogP contribution in [0.5, 0.6) is 0 Å². The highest BCUT2D eigenvalue weighted by Crippen LogP contribution is 2.46. The highest BCUT2D eigenvalue weighted by atomic mass is 35.5. The van der Waals surface area contributed by atoms with Crippen LogP contribution in [0.3, 0.4) is 0 Å². The molecule has 0 radical (unpaired) electrons. The van der Waals surface area contributed by atoms with Gasteiger partial charge < -0.3 is 20.5 Å². The van der Waals surface area contributed by atoms with Crippen LogP contribution in [0.15, 0.2) is 30.6 Å². The number of amides is 3. The zero-order valence-electron chi connectivity index (χ0n) is 17.7. The number of nitrogens with zero attached hydrogens (tertiary/aromatic N) is 2. The molecule has 9 heteroatoms. The van der Waals surface area contributed by atoms with Gasteiger partial charge in [-0.3, -0.25) is 14.4 Å². The van der Waals surface area contributed by atoms with E-state index in [1.54, 1.807) is 6.07 Å². The lowest BCUT2D eigenvalue weighted by molar-refractivity contribution is -0.127. The number of carbonyl (C=O) groups excluding carboxylic acids is 3. The second-order valence-electron chi connectivity index (χ2n) is 9.09. The van der Waals surface area contributed by atoms with Crippen molar-refractivity contribution in [2.45, 2.75) is 57.0 Å². The van der Waals surface area contributed by atoms with Gasteiger partial charge >= 0.3 is 0 Å². The van der Waals surface area contributed by atoms with Crippen LogP contribution in [0.25, 0.3) is 0 Å². The van der Waals surface area contributed by atoms with Crippen LogP contribution in [0.4, 0.5) is 5.69 Å². The average molecular weight is 456 g/mol. The van der Waals surface area contributed by atoms with E-state index in [-0.39, 0.29) is 46.6 Å². The molecule has 3 fully saturated rings. The van der Waals surface area contributed by atoms with Crippen molar-refractivity contribution >= 4 is 35.0 Å². The molecular formula is C23H26ClN5O3. The summed E-state index contributed by atoms with van der Waals surface area (Å²) in [5.41, 5.74) is 0.788. The van der Waals surface area contributed by atoms with Gasteiger partial charge in [-0.05, 0) is 63.1 Å². The Kier molecular flexibility index (Phi) is 5.41. The molecule has 3 amide bonds. The lowest BCUT2D eigenvalue weighted by Gasteiger charge is -2.36. The summed E-state index contributed by atoms with van der Waals surface area (Å²) in [4.78, 5) is 47.0. The molecule has 0 atom stereocenters. The van der Waals surface area contributed by atoms with Gasteiger partial charge in [0.1, 0.15) is 5.69 Å². The molecule has 0 unspecified atom stereocenters. The first kappa shape index (κ1) is 21.0. The molecule has 1 aromatic carbocycles. The van der Waals surface area contributed by atoms with Crippen molar-refractivity contribution in [3.8, 4) is 0 Å². The van der Waals surface area contributed by atoms with E-state index >= 15 is 0 Å². The zero-order chi connectivity index (χ0) is 22.3. The number of aromatic amines is 1. The standard InChI is InChI=1S/C23H26ClN5O3/c24-14-2-1-3-17(12-14)29-11-10-23(22(29)32)8-6-16(7-9-23)28-21(31)19-18(25-13-26-19)20(30)27-15-4-5-15/h1-3,12-13,15-16H,4-11H2,(H,25,26)(H,27,30)(H,28,31). The largest absolute Gasteiger partial charge is 0.348 e. The van der Waals surface area contributed by atoms with E-state index < -0.39 is 0 Å². The Morgan fingerprint density at radius 1 is 1.06 bits per heavy atom. The van der Waals surface area contributed by atoms with Crippen molar-refractivity contribution in [2.75, 3.05) is 11.4 Å². The van der Waals surface area contributed by atoms with Crippen molar-refractivity contribution in [1.82, 2.24) is 20.6 Å². The van der Waals surface area contributed by atoms with Gasteiger partial charge in [0, 0.05) is 29.3 Å². The van der Waals surface area contributed by atoms with Crippen LogP contribution in [0.2, 0.25) is 5.02 Å². The minimum absolute atomic E-state index is 0.0382. The fourth-order valence-corrected chi connectivity index (χ4v) is 5.05. The molecule has 32 heavy (non-hydrogen) atoms. The number of rotatable bonds is 5. The monoisotopic (exact) mass is 455 g/mol. The Morgan fingerprint density at radius 3 is 2.50 bits per heavy atom. The summed E-state index contributed by atoms with van der Waals surface area (Å²) < 4.78 is 0. The summed E-state index contributed by atoms with van der Waals surface area (Å²) >= 11 is 6.11. The normalized spacial score (nSPS) is 25.2. The second-order valence-corrected chi connectivity index (χ2v) is 9.53. The van der Waals surface area contributed by atoms with E-state index in [0.717, 1.165) is 50.6 Å². The van der Waals surface area contributed by atoms with Gasteiger partial charge in [-0.2, -0.15) is 0 Å². The first-order valence-electron chi connectivity index (χ1n) is 11.2. The average Bonchev–Trinajstić information content (AvgIpc) is 3.35. The van der Waals surface area contributed by atoms with Gasteiger partial charge in [0.15, 0.2) is 5.69 Å². The second kappa shape index (κ2) is 8.24. The van der Waals surface area contributed by atoms with E-state index in [4.69, 9.17) is 11.6 Å². The van der Waals surface area contributed by atoms with Crippen LogP contribution < -0.4 is 15.5 Å². The number of nitrogens with one attached hydrogen (secondary N) is 3. The van der Waals surface area contributed by atoms with Gasteiger partial charge in [0.25, 0.3) is 11.8 Å². The summed E-state index contributed by atoms with van der Waals surface area (Å²) in [6.07, 6.45) is 7.01. The maximum absolute atomic E-state index is 13.3. The Hall–Kier alpha value is -2.87. The third-order valence-corrected chi connectivity index (χ3v) is 7.14. The predicted octanol–water partition coefficient (Wildman–Crippen LogP) is 3.05. The molecular weight excluding hydrogens is 430 g/mol. The highest BCUT2D eigenvalue weighted by molar-refractivity contribution is 6.31. The number of carbonyl (C=O) groups is 3. The molecule has 1 aromatic heterocycles.